The Morgan fingerprint density at radius 2 is 1.93 bits per heavy atom. The van der Waals surface area contributed by atoms with Gasteiger partial charge < -0.3 is 15.7 Å². The maximum absolute atomic E-state index is 11.0. The topological polar surface area (TPSA) is 78.4 Å². The lowest BCUT2D eigenvalue weighted by Gasteiger charge is -2.11. The molecule has 0 aliphatic carbocycles. The summed E-state index contributed by atoms with van der Waals surface area (Å²) in [5, 5.41) is 13.2. The zero-order valence-electron chi connectivity index (χ0n) is 9.33. The van der Waals surface area contributed by atoms with Crippen molar-refractivity contribution in [2.24, 2.45) is 5.41 Å². The summed E-state index contributed by atoms with van der Waals surface area (Å²) in [7, 11) is 0. The van der Waals surface area contributed by atoms with Crippen LogP contribution in [-0.4, -0.2) is 23.7 Å². The summed E-state index contributed by atoms with van der Waals surface area (Å²) in [5.74, 6) is -0.930. The van der Waals surface area contributed by atoms with E-state index >= 15 is 0 Å². The third kappa shape index (κ3) is 10.4. The zero-order chi connectivity index (χ0) is 11.9. The van der Waals surface area contributed by atoms with Crippen LogP contribution in [0.5, 0.6) is 0 Å². The van der Waals surface area contributed by atoms with Crippen molar-refractivity contribution in [2.45, 2.75) is 27.2 Å². The van der Waals surface area contributed by atoms with Gasteiger partial charge in [-0.3, -0.25) is 4.79 Å². The molecule has 0 fully saturated rings. The van der Waals surface area contributed by atoms with Crippen LogP contribution in [0.1, 0.15) is 27.2 Å². The van der Waals surface area contributed by atoms with Crippen LogP contribution in [-0.2, 0) is 4.79 Å². The molecule has 0 rings (SSSR count). The summed E-state index contributed by atoms with van der Waals surface area (Å²) in [6.45, 7) is 6.15. The van der Waals surface area contributed by atoms with Gasteiger partial charge in [0.15, 0.2) is 0 Å². The Hall–Kier alpha value is -1.52. The number of carboxylic acids is 1. The van der Waals surface area contributed by atoms with Crippen molar-refractivity contribution < 1.29 is 14.7 Å². The average molecular weight is 214 g/mol. The lowest BCUT2D eigenvalue weighted by molar-refractivity contribution is -0.136. The highest BCUT2D eigenvalue weighted by Gasteiger charge is 2.04. The number of carbonyl (C=O) groups excluding carboxylic acids is 1. The Kier molecular flexibility index (Phi) is 5.44. The highest BCUT2D eigenvalue weighted by molar-refractivity contribution is 5.75. The predicted molar refractivity (Wildman–Crippen MR) is 57.4 cm³/mol. The number of rotatable bonds is 4. The van der Waals surface area contributed by atoms with Gasteiger partial charge in [0.05, 0.1) is 6.42 Å². The van der Waals surface area contributed by atoms with E-state index < -0.39 is 12.0 Å². The molecule has 0 saturated heterocycles. The third-order valence-electron chi connectivity index (χ3n) is 1.42. The van der Waals surface area contributed by atoms with E-state index in [4.69, 9.17) is 5.11 Å². The second kappa shape index (κ2) is 6.06. The van der Waals surface area contributed by atoms with Gasteiger partial charge in [0.25, 0.3) is 0 Å². The SMILES string of the molecule is CC(C)(C)/C=C/NC(=O)NCCC(=O)O. The second-order valence-corrected chi connectivity index (χ2v) is 4.24. The molecule has 0 radical (unpaired) electrons. The largest absolute Gasteiger partial charge is 0.481 e. The van der Waals surface area contributed by atoms with Crippen LogP contribution >= 0.6 is 0 Å². The van der Waals surface area contributed by atoms with E-state index in [-0.39, 0.29) is 18.4 Å². The summed E-state index contributed by atoms with van der Waals surface area (Å²) in [5.41, 5.74) is 0.00828. The van der Waals surface area contributed by atoms with E-state index in [1.54, 1.807) is 6.20 Å². The molecule has 0 aromatic carbocycles. The molecule has 5 heteroatoms. The average Bonchev–Trinajstić information content (AvgIpc) is 2.00. The van der Waals surface area contributed by atoms with Crippen molar-refractivity contribution in [1.82, 2.24) is 10.6 Å². The molecular formula is C10H18N2O3. The molecule has 5 nitrogen and oxygen atoms in total. The van der Waals surface area contributed by atoms with Crippen LogP contribution in [0.3, 0.4) is 0 Å². The van der Waals surface area contributed by atoms with E-state index in [0.717, 1.165) is 0 Å². The highest BCUT2D eigenvalue weighted by Crippen LogP contribution is 2.13. The monoisotopic (exact) mass is 214 g/mol. The van der Waals surface area contributed by atoms with Crippen LogP contribution in [0, 0.1) is 5.41 Å². The summed E-state index contributed by atoms with van der Waals surface area (Å²) < 4.78 is 0. The first-order valence-electron chi connectivity index (χ1n) is 4.75. The molecular weight excluding hydrogens is 196 g/mol. The van der Waals surface area contributed by atoms with E-state index in [1.165, 1.54) is 0 Å². The number of aliphatic carboxylic acids is 1. The number of nitrogens with one attached hydrogen (secondary N) is 2. The number of amides is 2. The number of carbonyl (C=O) groups is 2. The van der Waals surface area contributed by atoms with Crippen molar-refractivity contribution >= 4 is 12.0 Å². The molecule has 3 N–H and O–H groups in total. The van der Waals surface area contributed by atoms with Crippen molar-refractivity contribution in [3.05, 3.63) is 12.3 Å². The quantitative estimate of drug-likeness (QED) is 0.660. The Balaban J connectivity index is 3.67. The van der Waals surface area contributed by atoms with E-state index in [1.807, 2.05) is 26.8 Å². The molecule has 0 saturated carbocycles. The number of carboxylic acid groups (broad SMARTS) is 1. The van der Waals surface area contributed by atoms with Crippen molar-refractivity contribution in [1.29, 1.82) is 0 Å². The standard InChI is InChI=1S/C10H18N2O3/c1-10(2,3)5-7-12-9(15)11-6-4-8(13)14/h5,7H,4,6H2,1-3H3,(H,13,14)(H2,11,12,15)/b7-5+. The zero-order valence-corrected chi connectivity index (χ0v) is 9.33. The van der Waals surface area contributed by atoms with Gasteiger partial charge in [0.2, 0.25) is 0 Å². The number of allylic oxidation sites excluding steroid dienone is 1. The summed E-state index contributed by atoms with van der Waals surface area (Å²) >= 11 is 0. The molecule has 86 valence electrons. The molecule has 0 heterocycles. The van der Waals surface area contributed by atoms with Gasteiger partial charge in [-0.2, -0.15) is 0 Å². The van der Waals surface area contributed by atoms with Crippen LogP contribution in [0.2, 0.25) is 0 Å². The Morgan fingerprint density at radius 1 is 1.33 bits per heavy atom. The Bertz CT molecular complexity index is 254. The molecule has 0 atom stereocenters. The lowest BCUT2D eigenvalue weighted by Crippen LogP contribution is -2.33. The Morgan fingerprint density at radius 3 is 2.40 bits per heavy atom. The van der Waals surface area contributed by atoms with Gasteiger partial charge in [0, 0.05) is 12.7 Å². The normalized spacial score (nSPS) is 11.4. The van der Waals surface area contributed by atoms with E-state index in [2.05, 4.69) is 10.6 Å². The maximum Gasteiger partial charge on any atom is 0.318 e. The van der Waals surface area contributed by atoms with Crippen LogP contribution in [0.4, 0.5) is 4.79 Å². The van der Waals surface area contributed by atoms with Crippen LogP contribution < -0.4 is 10.6 Å². The molecule has 0 aromatic heterocycles. The lowest BCUT2D eigenvalue weighted by atomic mass is 9.97. The number of urea groups is 1. The fraction of sp³-hybridized carbons (Fsp3) is 0.600. The van der Waals surface area contributed by atoms with Gasteiger partial charge in [-0.15, -0.1) is 0 Å². The second-order valence-electron chi connectivity index (χ2n) is 4.24. The minimum atomic E-state index is -0.930. The molecule has 0 aromatic rings. The van der Waals surface area contributed by atoms with Gasteiger partial charge in [-0.1, -0.05) is 26.8 Å². The predicted octanol–water partition coefficient (Wildman–Crippen LogP) is 1.32. The molecule has 0 spiro atoms. The van der Waals surface area contributed by atoms with Crippen molar-refractivity contribution in [2.75, 3.05) is 6.54 Å². The van der Waals surface area contributed by atoms with Gasteiger partial charge in [-0.05, 0) is 5.41 Å². The summed E-state index contributed by atoms with van der Waals surface area (Å²) in [6.07, 6.45) is 3.33. The van der Waals surface area contributed by atoms with Crippen LogP contribution in [0.15, 0.2) is 12.3 Å². The minimum absolute atomic E-state index is 0.00828. The molecule has 0 unspecified atom stereocenters. The van der Waals surface area contributed by atoms with Gasteiger partial charge >= 0.3 is 12.0 Å². The van der Waals surface area contributed by atoms with Gasteiger partial charge in [0.1, 0.15) is 0 Å². The van der Waals surface area contributed by atoms with E-state index in [0.29, 0.717) is 0 Å². The first-order valence-corrected chi connectivity index (χ1v) is 4.75. The highest BCUT2D eigenvalue weighted by atomic mass is 16.4. The number of hydrogen-bond donors (Lipinski definition) is 3. The van der Waals surface area contributed by atoms with Gasteiger partial charge in [-0.25, -0.2) is 4.79 Å². The summed E-state index contributed by atoms with van der Waals surface area (Å²) in [6, 6.07) is -0.392. The first kappa shape index (κ1) is 13.5. The van der Waals surface area contributed by atoms with Crippen LogP contribution in [0.25, 0.3) is 0 Å². The van der Waals surface area contributed by atoms with E-state index in [9.17, 15) is 9.59 Å². The molecule has 0 aliphatic rings. The first-order chi connectivity index (χ1) is 6.81. The van der Waals surface area contributed by atoms with Crippen molar-refractivity contribution in [3.8, 4) is 0 Å². The fourth-order valence-corrected chi connectivity index (χ4v) is 0.701. The minimum Gasteiger partial charge on any atom is -0.481 e. The maximum atomic E-state index is 11.0. The fourth-order valence-electron chi connectivity index (χ4n) is 0.701. The number of hydrogen-bond acceptors (Lipinski definition) is 2. The molecule has 2 amide bonds. The molecule has 0 aliphatic heterocycles. The van der Waals surface area contributed by atoms with Crippen molar-refractivity contribution in [3.63, 3.8) is 0 Å². The summed E-state index contributed by atoms with van der Waals surface area (Å²) in [4.78, 5) is 21.2. The smallest absolute Gasteiger partial charge is 0.318 e. The third-order valence-corrected chi connectivity index (χ3v) is 1.42. The molecule has 15 heavy (non-hydrogen) atoms. The Labute approximate surface area is 89.6 Å². The molecule has 0 bridgehead atoms.